The van der Waals surface area contributed by atoms with Crippen LogP contribution in [0.1, 0.15) is 11.3 Å². The van der Waals surface area contributed by atoms with Crippen LogP contribution in [0.3, 0.4) is 0 Å². The largest absolute Gasteiger partial charge is 0.417 e. The topological polar surface area (TPSA) is 70.3 Å². The van der Waals surface area contributed by atoms with E-state index in [-0.39, 0.29) is 22.6 Å². The van der Waals surface area contributed by atoms with E-state index in [1.165, 1.54) is 23.7 Å². The van der Waals surface area contributed by atoms with E-state index >= 15 is 0 Å². The average Bonchev–Trinajstić information content (AvgIpc) is 3.12. The minimum Gasteiger partial charge on any atom is -0.342 e. The molecule has 2 heterocycles. The second kappa shape index (κ2) is 5.49. The first-order valence-electron chi connectivity index (χ1n) is 6.67. The van der Waals surface area contributed by atoms with E-state index in [0.717, 1.165) is 12.1 Å². The number of hydrogen-bond acceptors (Lipinski definition) is 3. The second-order valence-electron chi connectivity index (χ2n) is 4.98. The molecule has 0 unspecified atom stereocenters. The first-order chi connectivity index (χ1) is 11.3. The van der Waals surface area contributed by atoms with Crippen molar-refractivity contribution in [3.05, 3.63) is 47.4 Å². The molecule has 1 aromatic carbocycles. The minimum absolute atomic E-state index is 0.0258. The highest BCUT2D eigenvalue weighted by molar-refractivity contribution is 5.72. The molecule has 24 heavy (non-hydrogen) atoms. The molecule has 1 N–H and O–H groups in total. The highest BCUT2D eigenvalue weighted by Crippen LogP contribution is 2.38. The van der Waals surface area contributed by atoms with Crippen molar-refractivity contribution in [3.8, 4) is 28.7 Å². The van der Waals surface area contributed by atoms with E-state index < -0.39 is 17.6 Å². The quantitative estimate of drug-likeness (QED) is 0.729. The monoisotopic (exact) mass is 335 g/mol. The molecule has 0 spiro atoms. The number of nitriles is 1. The van der Waals surface area contributed by atoms with Gasteiger partial charge < -0.3 is 4.57 Å². The molecule has 9 heteroatoms. The lowest BCUT2D eigenvalue weighted by Gasteiger charge is -2.14. The molecule has 0 radical (unpaired) electrons. The van der Waals surface area contributed by atoms with Crippen LogP contribution in [0, 0.1) is 17.1 Å². The summed E-state index contributed by atoms with van der Waals surface area (Å²) >= 11 is 0. The van der Waals surface area contributed by atoms with E-state index in [1.807, 2.05) is 6.07 Å². The lowest BCUT2D eigenvalue weighted by atomic mass is 10.0. The summed E-state index contributed by atoms with van der Waals surface area (Å²) < 4.78 is 54.3. The van der Waals surface area contributed by atoms with Crippen molar-refractivity contribution < 1.29 is 17.6 Å². The van der Waals surface area contributed by atoms with Crippen molar-refractivity contribution >= 4 is 0 Å². The van der Waals surface area contributed by atoms with Crippen LogP contribution in [0.4, 0.5) is 17.6 Å². The van der Waals surface area contributed by atoms with Gasteiger partial charge in [0.05, 0.1) is 11.3 Å². The van der Waals surface area contributed by atoms with E-state index in [9.17, 15) is 17.6 Å². The van der Waals surface area contributed by atoms with Gasteiger partial charge >= 0.3 is 6.18 Å². The summed E-state index contributed by atoms with van der Waals surface area (Å²) in [5.74, 6) is -0.969. The zero-order chi connectivity index (χ0) is 17.5. The number of hydrogen-bond donors (Lipinski definition) is 1. The molecule has 2 aromatic heterocycles. The standard InChI is InChI=1S/C15H9F4N5/c1-24-12(4-5-13(24)14-11(7-20)21-23-22-14)9-3-2-8(16)6-10(9)15(17,18)19/h2-6H,1H3,(H,21,22,23). The molecule has 3 aromatic rings. The van der Waals surface area contributed by atoms with Crippen LogP contribution in [0.15, 0.2) is 30.3 Å². The smallest absolute Gasteiger partial charge is 0.342 e. The fraction of sp³-hybridized carbons (Fsp3) is 0.133. The van der Waals surface area contributed by atoms with Gasteiger partial charge in [-0.05, 0) is 30.3 Å². The van der Waals surface area contributed by atoms with Gasteiger partial charge in [0.1, 0.15) is 17.6 Å². The van der Waals surface area contributed by atoms with Crippen LogP contribution in [0.5, 0.6) is 0 Å². The number of rotatable bonds is 2. The number of benzene rings is 1. The Hall–Kier alpha value is -3.15. The maximum Gasteiger partial charge on any atom is 0.417 e. The number of aromatic amines is 1. The molecular formula is C15H9F4N5. The normalized spacial score (nSPS) is 11.5. The maximum absolute atomic E-state index is 13.3. The summed E-state index contributed by atoms with van der Waals surface area (Å²) in [7, 11) is 1.53. The highest BCUT2D eigenvalue weighted by Gasteiger charge is 2.35. The molecule has 0 aliphatic rings. The molecule has 3 rings (SSSR count). The SMILES string of the molecule is Cn1c(-c2ccc(F)cc2C(F)(F)F)ccc1-c1n[nH]nc1C#N. The van der Waals surface area contributed by atoms with Gasteiger partial charge in [0.2, 0.25) is 0 Å². The third-order valence-electron chi connectivity index (χ3n) is 3.58. The zero-order valence-electron chi connectivity index (χ0n) is 12.2. The Morgan fingerprint density at radius 2 is 1.83 bits per heavy atom. The Morgan fingerprint density at radius 3 is 2.50 bits per heavy atom. The molecule has 0 saturated carbocycles. The number of halogens is 4. The Kier molecular flexibility index (Phi) is 3.60. The van der Waals surface area contributed by atoms with Crippen LogP contribution in [-0.4, -0.2) is 20.0 Å². The summed E-state index contributed by atoms with van der Waals surface area (Å²) in [6, 6.07) is 7.32. The fourth-order valence-electron chi connectivity index (χ4n) is 2.48. The van der Waals surface area contributed by atoms with Gasteiger partial charge in [-0.25, -0.2) is 4.39 Å². The van der Waals surface area contributed by atoms with Crippen molar-refractivity contribution in [2.24, 2.45) is 7.05 Å². The van der Waals surface area contributed by atoms with Crippen LogP contribution in [0.2, 0.25) is 0 Å². The molecule has 0 saturated heterocycles. The predicted molar refractivity (Wildman–Crippen MR) is 75.9 cm³/mol. The van der Waals surface area contributed by atoms with Gasteiger partial charge in [-0.1, -0.05) is 0 Å². The van der Waals surface area contributed by atoms with Gasteiger partial charge in [-0.15, -0.1) is 5.10 Å². The first-order valence-corrected chi connectivity index (χ1v) is 6.67. The van der Waals surface area contributed by atoms with Crippen LogP contribution in [0.25, 0.3) is 22.6 Å². The Balaban J connectivity index is 2.19. The lowest BCUT2D eigenvalue weighted by molar-refractivity contribution is -0.137. The number of nitrogens with one attached hydrogen (secondary N) is 1. The van der Waals surface area contributed by atoms with E-state index in [0.29, 0.717) is 11.8 Å². The molecule has 5 nitrogen and oxygen atoms in total. The average molecular weight is 335 g/mol. The molecular weight excluding hydrogens is 326 g/mol. The second-order valence-corrected chi connectivity index (χ2v) is 4.98. The number of H-pyrrole nitrogens is 1. The molecule has 0 atom stereocenters. The number of nitrogens with zero attached hydrogens (tertiary/aromatic N) is 4. The third kappa shape index (κ3) is 2.52. The molecule has 0 amide bonds. The highest BCUT2D eigenvalue weighted by atomic mass is 19.4. The summed E-state index contributed by atoms with van der Waals surface area (Å²) in [4.78, 5) is 0. The van der Waals surface area contributed by atoms with Crippen molar-refractivity contribution in [2.45, 2.75) is 6.18 Å². The van der Waals surface area contributed by atoms with Crippen LogP contribution in [-0.2, 0) is 13.2 Å². The Morgan fingerprint density at radius 1 is 1.12 bits per heavy atom. The van der Waals surface area contributed by atoms with E-state index in [1.54, 1.807) is 0 Å². The fourth-order valence-corrected chi connectivity index (χ4v) is 2.48. The maximum atomic E-state index is 13.3. The number of aromatic nitrogens is 4. The van der Waals surface area contributed by atoms with Gasteiger partial charge in [0.15, 0.2) is 5.69 Å². The van der Waals surface area contributed by atoms with E-state index in [4.69, 9.17) is 5.26 Å². The van der Waals surface area contributed by atoms with Gasteiger partial charge in [-0.2, -0.15) is 28.7 Å². The van der Waals surface area contributed by atoms with Gasteiger partial charge in [0.25, 0.3) is 0 Å². The van der Waals surface area contributed by atoms with Crippen molar-refractivity contribution in [1.82, 2.24) is 20.0 Å². The summed E-state index contributed by atoms with van der Waals surface area (Å²) in [5, 5.41) is 18.8. The number of alkyl halides is 3. The molecule has 0 fully saturated rings. The summed E-state index contributed by atoms with van der Waals surface area (Å²) in [5.41, 5.74) is -0.368. The van der Waals surface area contributed by atoms with Crippen molar-refractivity contribution in [3.63, 3.8) is 0 Å². The van der Waals surface area contributed by atoms with E-state index in [2.05, 4.69) is 15.4 Å². The van der Waals surface area contributed by atoms with Crippen LogP contribution < -0.4 is 0 Å². The minimum atomic E-state index is -4.70. The molecule has 122 valence electrons. The van der Waals surface area contributed by atoms with Crippen molar-refractivity contribution in [2.75, 3.05) is 0 Å². The van der Waals surface area contributed by atoms with Gasteiger partial charge in [0, 0.05) is 18.3 Å². The molecule has 0 aliphatic heterocycles. The Bertz CT molecular complexity index is 946. The summed E-state index contributed by atoms with van der Waals surface area (Å²) in [6.45, 7) is 0. The summed E-state index contributed by atoms with van der Waals surface area (Å²) in [6.07, 6.45) is -4.70. The third-order valence-corrected chi connectivity index (χ3v) is 3.58. The van der Waals surface area contributed by atoms with Crippen molar-refractivity contribution in [1.29, 1.82) is 5.26 Å². The zero-order valence-corrected chi connectivity index (χ0v) is 12.2. The lowest BCUT2D eigenvalue weighted by Crippen LogP contribution is -2.09. The molecule has 0 aliphatic carbocycles. The predicted octanol–water partition coefficient (Wildman–Crippen LogP) is 3.51. The first kappa shape index (κ1) is 15.7. The van der Waals surface area contributed by atoms with Gasteiger partial charge in [-0.3, -0.25) is 0 Å². The Labute approximate surface area is 133 Å². The van der Waals surface area contributed by atoms with Crippen LogP contribution >= 0.6 is 0 Å². The molecule has 0 bridgehead atoms.